The summed E-state index contributed by atoms with van der Waals surface area (Å²) < 4.78 is 7.83. The van der Waals surface area contributed by atoms with Gasteiger partial charge in [0.25, 0.3) is 11.7 Å². The number of likely N-dealkylation sites (tertiary alicyclic amines) is 1. The van der Waals surface area contributed by atoms with Gasteiger partial charge in [0.05, 0.1) is 12.1 Å². The summed E-state index contributed by atoms with van der Waals surface area (Å²) in [6.07, 6.45) is 3.73. The van der Waals surface area contributed by atoms with Gasteiger partial charge in [-0.25, -0.2) is 0 Å². The maximum atomic E-state index is 12.9. The molecule has 2 aromatic carbocycles. The zero-order valence-electron chi connectivity index (χ0n) is 16.1. The molecule has 1 aliphatic rings. The van der Waals surface area contributed by atoms with E-state index in [1.54, 1.807) is 11.1 Å². The second kappa shape index (κ2) is 7.89. The number of carbonyl (C=O) groups is 2. The Bertz CT molecular complexity index is 998. The van der Waals surface area contributed by atoms with Crippen LogP contribution in [-0.4, -0.2) is 40.9 Å². The molecule has 5 heteroatoms. The van der Waals surface area contributed by atoms with Crippen LogP contribution in [0.1, 0.15) is 28.8 Å². The van der Waals surface area contributed by atoms with Crippen LogP contribution < -0.4 is 4.74 Å². The first kappa shape index (κ1) is 18.3. The third kappa shape index (κ3) is 3.65. The highest BCUT2D eigenvalue weighted by molar-refractivity contribution is 6.44. The first-order chi connectivity index (χ1) is 13.6. The van der Waals surface area contributed by atoms with Gasteiger partial charge in [0.1, 0.15) is 12.4 Å². The summed E-state index contributed by atoms with van der Waals surface area (Å²) in [6.45, 7) is 4.47. The quantitative estimate of drug-likeness (QED) is 0.485. The van der Waals surface area contributed by atoms with Gasteiger partial charge >= 0.3 is 0 Å². The largest absolute Gasteiger partial charge is 0.492 e. The van der Waals surface area contributed by atoms with Crippen LogP contribution >= 0.6 is 0 Å². The topological polar surface area (TPSA) is 51.5 Å². The van der Waals surface area contributed by atoms with Crippen LogP contribution in [0, 0.1) is 6.92 Å². The number of carbonyl (C=O) groups excluding carboxylic acids is 2. The van der Waals surface area contributed by atoms with E-state index < -0.39 is 11.7 Å². The van der Waals surface area contributed by atoms with Crippen LogP contribution in [0.4, 0.5) is 0 Å². The van der Waals surface area contributed by atoms with E-state index in [0.717, 1.165) is 29.5 Å². The van der Waals surface area contributed by atoms with E-state index in [0.29, 0.717) is 31.8 Å². The zero-order chi connectivity index (χ0) is 19.5. The minimum Gasteiger partial charge on any atom is -0.492 e. The molecule has 1 fully saturated rings. The summed E-state index contributed by atoms with van der Waals surface area (Å²) in [5.41, 5.74) is 2.60. The van der Waals surface area contributed by atoms with E-state index in [1.807, 2.05) is 60.0 Å². The molecular weight excluding hydrogens is 352 g/mol. The molecule has 28 heavy (non-hydrogen) atoms. The predicted octanol–water partition coefficient (Wildman–Crippen LogP) is 3.83. The lowest BCUT2D eigenvalue weighted by atomic mass is 10.1. The Morgan fingerprint density at radius 2 is 1.71 bits per heavy atom. The fraction of sp³-hybridized carbons (Fsp3) is 0.304. The van der Waals surface area contributed by atoms with Gasteiger partial charge in [-0.1, -0.05) is 35.9 Å². The van der Waals surface area contributed by atoms with Crippen molar-refractivity contribution in [3.63, 3.8) is 0 Å². The zero-order valence-corrected chi connectivity index (χ0v) is 16.1. The molecule has 1 aliphatic heterocycles. The normalized spacial score (nSPS) is 13.8. The van der Waals surface area contributed by atoms with Gasteiger partial charge in [-0.05, 0) is 38.0 Å². The molecule has 0 aliphatic carbocycles. The number of benzene rings is 2. The fourth-order valence-electron chi connectivity index (χ4n) is 3.69. The molecule has 3 aromatic rings. The van der Waals surface area contributed by atoms with Gasteiger partial charge in [0.15, 0.2) is 0 Å². The molecule has 5 nitrogen and oxygen atoms in total. The van der Waals surface area contributed by atoms with Gasteiger partial charge in [0, 0.05) is 30.2 Å². The van der Waals surface area contributed by atoms with Crippen molar-refractivity contribution in [2.24, 2.45) is 0 Å². The molecular formula is C23H24N2O3. The van der Waals surface area contributed by atoms with E-state index in [-0.39, 0.29) is 0 Å². The van der Waals surface area contributed by atoms with E-state index in [9.17, 15) is 9.59 Å². The Hall–Kier alpha value is -3.08. The number of rotatable bonds is 6. The number of aromatic nitrogens is 1. The molecule has 0 bridgehead atoms. The molecule has 1 saturated heterocycles. The minimum atomic E-state index is -0.420. The summed E-state index contributed by atoms with van der Waals surface area (Å²) in [5.74, 6) is 0.00943. The molecule has 1 amide bonds. The lowest BCUT2D eigenvalue weighted by molar-refractivity contribution is -0.125. The van der Waals surface area contributed by atoms with Gasteiger partial charge in [0.2, 0.25) is 0 Å². The van der Waals surface area contributed by atoms with Crippen LogP contribution in [0.15, 0.2) is 54.7 Å². The molecule has 0 saturated carbocycles. The van der Waals surface area contributed by atoms with Crippen LogP contribution in [0.2, 0.25) is 0 Å². The number of nitrogens with zero attached hydrogens (tertiary/aromatic N) is 2. The van der Waals surface area contributed by atoms with Crippen LogP contribution in [-0.2, 0) is 11.3 Å². The molecule has 1 aromatic heterocycles. The Morgan fingerprint density at radius 3 is 2.46 bits per heavy atom. The van der Waals surface area contributed by atoms with Gasteiger partial charge < -0.3 is 14.2 Å². The van der Waals surface area contributed by atoms with E-state index >= 15 is 0 Å². The Kier molecular flexibility index (Phi) is 5.15. The number of para-hydroxylation sites is 1. The predicted molar refractivity (Wildman–Crippen MR) is 109 cm³/mol. The average Bonchev–Trinajstić information content (AvgIpc) is 3.37. The minimum absolute atomic E-state index is 0.392. The van der Waals surface area contributed by atoms with Gasteiger partial charge in [-0.3, -0.25) is 9.59 Å². The van der Waals surface area contributed by atoms with Crippen molar-refractivity contribution in [3.05, 3.63) is 65.9 Å². The fourth-order valence-corrected chi connectivity index (χ4v) is 3.69. The highest BCUT2D eigenvalue weighted by Crippen LogP contribution is 2.23. The molecule has 4 rings (SSSR count). The Morgan fingerprint density at radius 1 is 1.00 bits per heavy atom. The number of Topliss-reactive ketones (excluding diaryl/α,β-unsaturated/α-hetero) is 1. The first-order valence-electron chi connectivity index (χ1n) is 9.74. The summed E-state index contributed by atoms with van der Waals surface area (Å²) in [6, 6.07) is 15.6. The molecule has 144 valence electrons. The van der Waals surface area contributed by atoms with E-state index in [2.05, 4.69) is 0 Å². The molecule has 0 radical (unpaired) electrons. The number of amides is 1. The highest BCUT2D eigenvalue weighted by atomic mass is 16.5. The van der Waals surface area contributed by atoms with Crippen molar-refractivity contribution in [1.29, 1.82) is 0 Å². The number of hydrogen-bond donors (Lipinski definition) is 0. The first-order valence-corrected chi connectivity index (χ1v) is 9.74. The monoisotopic (exact) mass is 376 g/mol. The van der Waals surface area contributed by atoms with Crippen LogP contribution in [0.3, 0.4) is 0 Å². The van der Waals surface area contributed by atoms with Gasteiger partial charge in [-0.15, -0.1) is 0 Å². The molecule has 0 N–H and O–H groups in total. The Labute approximate surface area is 164 Å². The maximum absolute atomic E-state index is 12.9. The van der Waals surface area contributed by atoms with Crippen molar-refractivity contribution >= 4 is 22.6 Å². The lowest BCUT2D eigenvalue weighted by Crippen LogP contribution is -2.34. The number of aryl methyl sites for hydroxylation is 1. The van der Waals surface area contributed by atoms with Crippen molar-refractivity contribution in [2.75, 3.05) is 19.7 Å². The lowest BCUT2D eigenvalue weighted by Gasteiger charge is -2.13. The molecule has 0 atom stereocenters. The smallest absolute Gasteiger partial charge is 0.295 e. The second-order valence-corrected chi connectivity index (χ2v) is 7.24. The summed E-state index contributed by atoms with van der Waals surface area (Å²) in [7, 11) is 0. The molecule has 0 spiro atoms. The summed E-state index contributed by atoms with van der Waals surface area (Å²) in [5, 5.41) is 0.815. The standard InChI is InChI=1S/C23H24N2O3/c1-17-8-10-18(11-9-17)28-15-14-25-16-20(19-6-2-3-7-21(19)25)22(26)23(27)24-12-4-5-13-24/h2-3,6-11,16H,4-5,12-15H2,1H3. The van der Waals surface area contributed by atoms with Crippen molar-refractivity contribution in [3.8, 4) is 5.75 Å². The van der Waals surface area contributed by atoms with Crippen molar-refractivity contribution in [2.45, 2.75) is 26.3 Å². The maximum Gasteiger partial charge on any atom is 0.295 e. The van der Waals surface area contributed by atoms with Crippen molar-refractivity contribution in [1.82, 2.24) is 9.47 Å². The van der Waals surface area contributed by atoms with Gasteiger partial charge in [-0.2, -0.15) is 0 Å². The highest BCUT2D eigenvalue weighted by Gasteiger charge is 2.27. The van der Waals surface area contributed by atoms with E-state index in [1.165, 1.54) is 5.56 Å². The summed E-state index contributed by atoms with van der Waals surface area (Å²) in [4.78, 5) is 27.1. The number of ether oxygens (including phenoxy) is 1. The van der Waals surface area contributed by atoms with Crippen LogP contribution in [0.5, 0.6) is 5.75 Å². The molecule has 2 heterocycles. The number of hydrogen-bond acceptors (Lipinski definition) is 3. The van der Waals surface area contributed by atoms with Crippen molar-refractivity contribution < 1.29 is 14.3 Å². The third-order valence-corrected chi connectivity index (χ3v) is 5.24. The Balaban J connectivity index is 1.53. The van der Waals surface area contributed by atoms with E-state index in [4.69, 9.17) is 4.74 Å². The number of ketones is 1. The van der Waals surface area contributed by atoms with Crippen LogP contribution in [0.25, 0.3) is 10.9 Å². The average molecular weight is 376 g/mol. The second-order valence-electron chi connectivity index (χ2n) is 7.24. The third-order valence-electron chi connectivity index (χ3n) is 5.24. The SMILES string of the molecule is Cc1ccc(OCCn2cc(C(=O)C(=O)N3CCCC3)c3ccccc32)cc1. The number of fused-ring (bicyclic) bond motifs is 1. The molecule has 0 unspecified atom stereocenters. The summed E-state index contributed by atoms with van der Waals surface area (Å²) >= 11 is 0.